The van der Waals surface area contributed by atoms with Crippen molar-refractivity contribution < 1.29 is 27.6 Å². The van der Waals surface area contributed by atoms with Gasteiger partial charge in [0.15, 0.2) is 5.78 Å². The first kappa shape index (κ1) is 22.3. The summed E-state index contributed by atoms with van der Waals surface area (Å²) in [6.07, 6.45) is -2.64. The number of H-pyrrole nitrogens is 1. The van der Waals surface area contributed by atoms with Gasteiger partial charge in [0.1, 0.15) is 5.69 Å². The fourth-order valence-electron chi connectivity index (χ4n) is 3.91. The van der Waals surface area contributed by atoms with Gasteiger partial charge in [-0.3, -0.25) is 14.4 Å². The van der Waals surface area contributed by atoms with Crippen LogP contribution in [-0.4, -0.2) is 22.6 Å². The molecule has 1 aliphatic rings. The van der Waals surface area contributed by atoms with Crippen molar-refractivity contribution in [3.63, 3.8) is 0 Å². The molecule has 0 spiro atoms. The minimum atomic E-state index is -4.52. The maximum atomic E-state index is 12.9. The lowest BCUT2D eigenvalue weighted by molar-refractivity contribution is -0.137. The van der Waals surface area contributed by atoms with Gasteiger partial charge in [-0.1, -0.05) is 12.1 Å². The quantitative estimate of drug-likeness (QED) is 0.494. The molecule has 2 amide bonds. The zero-order valence-corrected chi connectivity index (χ0v) is 17.6. The molecule has 170 valence electrons. The standard InChI is InChI=1S/C24H20F3N3O3/c1-13-20-18(9-4-10-19(20)31)30-21(13)23(33)29-16-7-2-5-14(11-16)22(32)28-17-8-3-6-15(12-17)24(25,26)27/h2-3,5-8,11-12,30H,4,9-10H2,1H3,(H,28,32)(H,29,33). The molecule has 2 aromatic carbocycles. The van der Waals surface area contributed by atoms with E-state index < -0.39 is 23.6 Å². The second-order valence-electron chi connectivity index (χ2n) is 7.82. The van der Waals surface area contributed by atoms with E-state index in [0.717, 1.165) is 24.2 Å². The molecule has 1 aromatic heterocycles. The number of nitrogens with one attached hydrogen (secondary N) is 3. The summed E-state index contributed by atoms with van der Waals surface area (Å²) in [6.45, 7) is 1.71. The number of Topliss-reactive ketones (excluding diaryl/α,β-unsaturated/α-hetero) is 1. The van der Waals surface area contributed by atoms with E-state index in [2.05, 4.69) is 15.6 Å². The number of benzene rings is 2. The number of aromatic amines is 1. The first-order valence-electron chi connectivity index (χ1n) is 10.3. The summed E-state index contributed by atoms with van der Waals surface area (Å²) in [5.41, 5.74) is 1.81. The van der Waals surface area contributed by atoms with E-state index >= 15 is 0 Å². The molecule has 0 unspecified atom stereocenters. The van der Waals surface area contributed by atoms with Crippen LogP contribution in [0.25, 0.3) is 0 Å². The van der Waals surface area contributed by atoms with Crippen molar-refractivity contribution in [1.82, 2.24) is 4.98 Å². The highest BCUT2D eigenvalue weighted by Crippen LogP contribution is 2.31. The van der Waals surface area contributed by atoms with Crippen molar-refractivity contribution >= 4 is 29.0 Å². The monoisotopic (exact) mass is 455 g/mol. The molecule has 3 N–H and O–H groups in total. The SMILES string of the molecule is Cc1c(C(=O)Nc2cccc(C(=O)Nc3cccc(C(F)(F)F)c3)c2)[nH]c2c1C(=O)CCC2. The van der Waals surface area contributed by atoms with E-state index in [4.69, 9.17) is 0 Å². The lowest BCUT2D eigenvalue weighted by Gasteiger charge is -2.11. The summed E-state index contributed by atoms with van der Waals surface area (Å²) >= 11 is 0. The Hall–Kier alpha value is -3.88. The van der Waals surface area contributed by atoms with E-state index in [9.17, 15) is 27.6 Å². The number of carbonyl (C=O) groups is 3. The molecular formula is C24H20F3N3O3. The fourth-order valence-corrected chi connectivity index (χ4v) is 3.91. The lowest BCUT2D eigenvalue weighted by Crippen LogP contribution is -2.16. The molecule has 4 rings (SSSR count). The Balaban J connectivity index is 1.50. The van der Waals surface area contributed by atoms with Gasteiger partial charge in [0.25, 0.3) is 11.8 Å². The predicted octanol–water partition coefficient (Wildman–Crippen LogP) is 5.37. The van der Waals surface area contributed by atoms with E-state index in [1.807, 2.05) is 0 Å². The molecular weight excluding hydrogens is 435 g/mol. The number of aryl methyl sites for hydroxylation is 1. The normalized spacial score (nSPS) is 13.4. The number of fused-ring (bicyclic) bond motifs is 1. The van der Waals surface area contributed by atoms with Crippen LogP contribution in [0.4, 0.5) is 24.5 Å². The number of amides is 2. The van der Waals surface area contributed by atoms with E-state index in [0.29, 0.717) is 29.7 Å². The maximum absolute atomic E-state index is 12.9. The average molecular weight is 455 g/mol. The molecule has 6 nitrogen and oxygen atoms in total. The van der Waals surface area contributed by atoms with Gasteiger partial charge in [0.05, 0.1) is 5.56 Å². The smallest absolute Gasteiger partial charge is 0.354 e. The minimum Gasteiger partial charge on any atom is -0.354 e. The predicted molar refractivity (Wildman–Crippen MR) is 117 cm³/mol. The molecule has 0 saturated carbocycles. The van der Waals surface area contributed by atoms with Crippen LogP contribution >= 0.6 is 0 Å². The minimum absolute atomic E-state index is 0.00141. The Labute approximate surface area is 187 Å². The number of ketones is 1. The molecule has 0 radical (unpaired) electrons. The van der Waals surface area contributed by atoms with Crippen LogP contribution in [0.5, 0.6) is 0 Å². The third-order valence-corrected chi connectivity index (χ3v) is 5.49. The fraction of sp³-hybridized carbons (Fsp3) is 0.208. The number of rotatable bonds is 4. The van der Waals surface area contributed by atoms with Gasteiger partial charge in [0, 0.05) is 34.6 Å². The Morgan fingerprint density at radius 3 is 2.30 bits per heavy atom. The zero-order chi connectivity index (χ0) is 23.8. The highest BCUT2D eigenvalue weighted by molar-refractivity contribution is 6.09. The van der Waals surface area contributed by atoms with Crippen molar-refractivity contribution in [2.24, 2.45) is 0 Å². The summed E-state index contributed by atoms with van der Waals surface area (Å²) in [7, 11) is 0. The van der Waals surface area contributed by atoms with Crippen LogP contribution in [0.2, 0.25) is 0 Å². The number of halogens is 3. The largest absolute Gasteiger partial charge is 0.416 e. The molecule has 0 saturated heterocycles. The number of carbonyl (C=O) groups excluding carboxylic acids is 3. The maximum Gasteiger partial charge on any atom is 0.416 e. The first-order valence-corrected chi connectivity index (χ1v) is 10.3. The van der Waals surface area contributed by atoms with Gasteiger partial charge >= 0.3 is 6.18 Å². The molecule has 33 heavy (non-hydrogen) atoms. The van der Waals surface area contributed by atoms with Gasteiger partial charge in [-0.15, -0.1) is 0 Å². The summed E-state index contributed by atoms with van der Waals surface area (Å²) in [5, 5.41) is 5.14. The van der Waals surface area contributed by atoms with Crippen LogP contribution in [0.1, 0.15) is 60.9 Å². The molecule has 3 aromatic rings. The van der Waals surface area contributed by atoms with E-state index in [1.54, 1.807) is 19.1 Å². The number of anilines is 2. The van der Waals surface area contributed by atoms with Crippen LogP contribution in [-0.2, 0) is 12.6 Å². The van der Waals surface area contributed by atoms with Crippen molar-refractivity contribution in [3.05, 3.63) is 82.2 Å². The summed E-state index contributed by atoms with van der Waals surface area (Å²) in [5.74, 6) is -1.06. The van der Waals surface area contributed by atoms with Gasteiger partial charge in [-0.2, -0.15) is 13.2 Å². The third-order valence-electron chi connectivity index (χ3n) is 5.49. The van der Waals surface area contributed by atoms with Gasteiger partial charge < -0.3 is 15.6 Å². The van der Waals surface area contributed by atoms with Crippen molar-refractivity contribution in [1.29, 1.82) is 0 Å². The van der Waals surface area contributed by atoms with Crippen molar-refractivity contribution in [2.45, 2.75) is 32.4 Å². The van der Waals surface area contributed by atoms with Gasteiger partial charge in [-0.25, -0.2) is 0 Å². The van der Waals surface area contributed by atoms with Gasteiger partial charge in [0.2, 0.25) is 0 Å². The van der Waals surface area contributed by atoms with Crippen molar-refractivity contribution in [3.8, 4) is 0 Å². The summed E-state index contributed by atoms with van der Waals surface area (Å²) in [4.78, 5) is 40.6. The van der Waals surface area contributed by atoms with Gasteiger partial charge in [-0.05, 0) is 61.7 Å². The van der Waals surface area contributed by atoms with Crippen molar-refractivity contribution in [2.75, 3.05) is 10.6 Å². The lowest BCUT2D eigenvalue weighted by atomic mass is 9.94. The van der Waals surface area contributed by atoms with Crippen LogP contribution in [0.15, 0.2) is 48.5 Å². The Morgan fingerprint density at radius 2 is 1.61 bits per heavy atom. The second kappa shape index (κ2) is 8.57. The molecule has 1 aliphatic carbocycles. The number of hydrogen-bond donors (Lipinski definition) is 3. The van der Waals surface area contributed by atoms with Crippen LogP contribution in [0, 0.1) is 6.92 Å². The summed E-state index contributed by atoms with van der Waals surface area (Å²) < 4.78 is 38.7. The molecule has 9 heteroatoms. The molecule has 0 aliphatic heterocycles. The Bertz CT molecular complexity index is 1260. The highest BCUT2D eigenvalue weighted by Gasteiger charge is 2.30. The summed E-state index contributed by atoms with van der Waals surface area (Å²) in [6, 6.07) is 10.4. The Kier molecular flexibility index (Phi) is 5.80. The molecule has 0 fully saturated rings. The van der Waals surface area contributed by atoms with Crippen LogP contribution in [0.3, 0.4) is 0 Å². The van der Waals surface area contributed by atoms with E-state index in [1.165, 1.54) is 24.3 Å². The first-order chi connectivity index (χ1) is 15.6. The number of aromatic nitrogens is 1. The highest BCUT2D eigenvalue weighted by atomic mass is 19.4. The average Bonchev–Trinajstić information content (AvgIpc) is 3.11. The zero-order valence-electron chi connectivity index (χ0n) is 17.6. The second-order valence-corrected chi connectivity index (χ2v) is 7.82. The molecule has 0 bridgehead atoms. The third kappa shape index (κ3) is 4.67. The molecule has 0 atom stereocenters. The topological polar surface area (TPSA) is 91.1 Å². The number of alkyl halides is 3. The number of hydrogen-bond acceptors (Lipinski definition) is 3. The molecule has 1 heterocycles. The van der Waals surface area contributed by atoms with E-state index in [-0.39, 0.29) is 22.7 Å². The Morgan fingerprint density at radius 1 is 0.939 bits per heavy atom. The van der Waals surface area contributed by atoms with Crippen LogP contribution < -0.4 is 10.6 Å².